The Kier molecular flexibility index (Phi) is 10.9. The van der Waals surface area contributed by atoms with Crippen LogP contribution in [0.25, 0.3) is 0 Å². The van der Waals surface area contributed by atoms with Crippen LogP contribution < -0.4 is 5.32 Å². The van der Waals surface area contributed by atoms with Gasteiger partial charge in [-0.2, -0.15) is 9.21 Å². The summed E-state index contributed by atoms with van der Waals surface area (Å²) in [6.07, 6.45) is -0.0971. The summed E-state index contributed by atoms with van der Waals surface area (Å²) >= 11 is 1.35. The quantitative estimate of drug-likeness (QED) is 0.285. The van der Waals surface area contributed by atoms with Crippen LogP contribution in [0.2, 0.25) is 0 Å². The normalized spacial score (nSPS) is 13.3. The maximum atomic E-state index is 13.5. The largest absolute Gasteiger partial charge is 0.444 e. The fraction of sp³-hybridized carbons (Fsp3) is 0.385. The molecule has 0 spiro atoms. The minimum Gasteiger partial charge on any atom is -0.444 e. The van der Waals surface area contributed by atoms with Crippen LogP contribution in [-0.4, -0.2) is 54.1 Å². The predicted molar refractivity (Wildman–Crippen MR) is 145 cm³/mol. The second-order valence-electron chi connectivity index (χ2n) is 9.20. The van der Waals surface area contributed by atoms with Gasteiger partial charge in [-0.15, -0.1) is 11.3 Å². The summed E-state index contributed by atoms with van der Waals surface area (Å²) in [5.41, 5.74) is 3.09. The molecule has 0 saturated carbocycles. The highest BCUT2D eigenvalue weighted by Crippen LogP contribution is 2.20. The van der Waals surface area contributed by atoms with Crippen LogP contribution in [0.1, 0.15) is 29.9 Å². The lowest BCUT2D eigenvalue weighted by atomic mass is 10.0. The highest BCUT2D eigenvalue weighted by Gasteiger charge is 2.31. The van der Waals surface area contributed by atoms with Gasteiger partial charge in [0.2, 0.25) is 10.0 Å². The molecule has 0 saturated heterocycles. The lowest BCUT2D eigenvalue weighted by molar-refractivity contribution is 0.0876. The predicted octanol–water partition coefficient (Wildman–Crippen LogP) is 3.95. The molecule has 3 aromatic rings. The van der Waals surface area contributed by atoms with E-state index in [-0.39, 0.29) is 43.5 Å². The number of carbonyl (C=O) groups excluding carboxylic acids is 1. The Bertz CT molecular complexity index is 1250. The van der Waals surface area contributed by atoms with Crippen LogP contribution in [-0.2, 0) is 34.3 Å². The third-order valence-electron chi connectivity index (χ3n) is 5.66. The number of ether oxygens (including phenoxy) is 1. The van der Waals surface area contributed by atoms with Crippen LogP contribution in [0, 0.1) is 10.8 Å². The zero-order valence-corrected chi connectivity index (χ0v) is 22.9. The monoisotopic (exact) mass is 560 g/mol. The first-order valence-corrected chi connectivity index (χ1v) is 14.4. The summed E-state index contributed by atoms with van der Waals surface area (Å²) < 4.78 is 33.6. The van der Waals surface area contributed by atoms with E-state index in [1.807, 2.05) is 44.2 Å². The van der Waals surface area contributed by atoms with Crippen LogP contribution in [0.3, 0.4) is 0 Å². The molecule has 10 nitrogen and oxygen atoms in total. The van der Waals surface area contributed by atoms with E-state index in [1.54, 1.807) is 11.7 Å². The molecule has 0 unspecified atom stereocenters. The standard InChI is InChI=1S/C26H32N4O6S2/c1-19(2)15-30(38(34,35)23-10-8-21(9-11-23)13-28-33)16-25(31)24(12-20-6-4-3-5-7-20)29-26(32)36-17-22-14-27-18-37-22/h3-11,14,18-19,24-25,31H,12-13,15-17H2,1-2H3,(H,29,32)/t24-,25+/m0/s1. The number of aliphatic hydroxyl groups excluding tert-OH is 1. The Hall–Kier alpha value is -3.19. The first-order valence-electron chi connectivity index (χ1n) is 12.1. The van der Waals surface area contributed by atoms with E-state index in [0.29, 0.717) is 5.56 Å². The number of hydrogen-bond donors (Lipinski definition) is 2. The van der Waals surface area contributed by atoms with Crippen molar-refractivity contribution in [3.05, 3.63) is 87.2 Å². The van der Waals surface area contributed by atoms with Gasteiger partial charge in [0.05, 0.1) is 27.4 Å². The molecule has 204 valence electrons. The fourth-order valence-electron chi connectivity index (χ4n) is 3.80. The minimum atomic E-state index is -3.98. The Morgan fingerprint density at radius 2 is 1.82 bits per heavy atom. The van der Waals surface area contributed by atoms with Crippen molar-refractivity contribution < 1.29 is 23.1 Å². The topological polar surface area (TPSA) is 138 Å². The van der Waals surface area contributed by atoms with Crippen LogP contribution >= 0.6 is 11.3 Å². The molecule has 0 aliphatic heterocycles. The number of aliphatic hydroxyl groups is 1. The number of carbonyl (C=O) groups is 1. The van der Waals surface area contributed by atoms with Crippen molar-refractivity contribution in [1.29, 1.82) is 0 Å². The smallest absolute Gasteiger partial charge is 0.407 e. The van der Waals surface area contributed by atoms with Gasteiger partial charge < -0.3 is 15.2 Å². The third-order valence-corrected chi connectivity index (χ3v) is 8.26. The number of aromatic nitrogens is 1. The molecule has 0 aliphatic carbocycles. The summed E-state index contributed by atoms with van der Waals surface area (Å²) in [7, 11) is -3.98. The van der Waals surface area contributed by atoms with Gasteiger partial charge in [0.15, 0.2) is 0 Å². The molecule has 0 radical (unpaired) electrons. The van der Waals surface area contributed by atoms with Gasteiger partial charge in [-0.05, 0) is 35.6 Å². The van der Waals surface area contributed by atoms with E-state index in [1.165, 1.54) is 39.9 Å². The van der Waals surface area contributed by atoms with Gasteiger partial charge in [-0.25, -0.2) is 13.2 Å². The highest BCUT2D eigenvalue weighted by molar-refractivity contribution is 7.89. The molecule has 1 heterocycles. The molecule has 38 heavy (non-hydrogen) atoms. The van der Waals surface area contributed by atoms with Gasteiger partial charge in [0.25, 0.3) is 0 Å². The molecule has 1 aromatic heterocycles. The van der Waals surface area contributed by atoms with E-state index in [9.17, 15) is 23.2 Å². The molecule has 2 aromatic carbocycles. The van der Waals surface area contributed by atoms with Crippen LogP contribution in [0.5, 0.6) is 0 Å². The van der Waals surface area contributed by atoms with Crippen molar-refractivity contribution in [2.24, 2.45) is 11.1 Å². The summed E-state index contributed by atoms with van der Waals surface area (Å²) in [4.78, 5) is 27.9. The average molecular weight is 561 g/mol. The summed E-state index contributed by atoms with van der Waals surface area (Å²) in [6.45, 7) is 3.65. The fourth-order valence-corrected chi connectivity index (χ4v) is 5.93. The van der Waals surface area contributed by atoms with Crippen molar-refractivity contribution in [3.63, 3.8) is 0 Å². The molecule has 0 bridgehead atoms. The number of amides is 1. The third kappa shape index (κ3) is 8.69. The van der Waals surface area contributed by atoms with E-state index in [2.05, 4.69) is 15.5 Å². The molecular weight excluding hydrogens is 528 g/mol. The Morgan fingerprint density at radius 3 is 2.42 bits per heavy atom. The first kappa shape index (κ1) is 29.4. The van der Waals surface area contributed by atoms with Gasteiger partial charge in [-0.3, -0.25) is 4.98 Å². The number of alkyl carbamates (subject to hydrolysis) is 1. The Morgan fingerprint density at radius 1 is 1.11 bits per heavy atom. The first-order chi connectivity index (χ1) is 18.2. The number of rotatable bonds is 14. The van der Waals surface area contributed by atoms with Crippen molar-refractivity contribution in [3.8, 4) is 0 Å². The molecule has 2 N–H and O–H groups in total. The van der Waals surface area contributed by atoms with Crippen molar-refractivity contribution in [2.75, 3.05) is 13.1 Å². The molecule has 0 aliphatic rings. The zero-order valence-electron chi connectivity index (χ0n) is 21.3. The second-order valence-corrected chi connectivity index (χ2v) is 12.1. The number of nitrogens with one attached hydrogen (secondary N) is 1. The summed E-state index contributed by atoms with van der Waals surface area (Å²) in [5, 5.41) is 16.8. The number of nitroso groups, excluding NO2 is 1. The zero-order chi connectivity index (χ0) is 27.5. The molecule has 12 heteroatoms. The lowest BCUT2D eigenvalue weighted by Crippen LogP contribution is -2.51. The van der Waals surface area contributed by atoms with E-state index in [0.717, 1.165) is 10.4 Å². The average Bonchev–Trinajstić information content (AvgIpc) is 3.41. The van der Waals surface area contributed by atoms with Gasteiger partial charge in [0, 0.05) is 19.3 Å². The molecule has 3 rings (SSSR count). The number of nitrogens with zero attached hydrogens (tertiary/aromatic N) is 3. The molecule has 2 atom stereocenters. The highest BCUT2D eigenvalue weighted by atomic mass is 32.2. The maximum absolute atomic E-state index is 13.5. The number of hydrogen-bond acceptors (Lipinski definition) is 9. The minimum absolute atomic E-state index is 0.0274. The van der Waals surface area contributed by atoms with Gasteiger partial charge in [-0.1, -0.05) is 61.5 Å². The Labute approximate surface area is 226 Å². The molecular formula is C26H32N4O6S2. The van der Waals surface area contributed by atoms with E-state index >= 15 is 0 Å². The van der Waals surface area contributed by atoms with Crippen molar-refractivity contribution in [1.82, 2.24) is 14.6 Å². The van der Waals surface area contributed by atoms with E-state index in [4.69, 9.17) is 4.74 Å². The number of thiazole rings is 1. The summed E-state index contributed by atoms with van der Waals surface area (Å²) in [5.74, 6) is -0.0274. The van der Waals surface area contributed by atoms with Crippen molar-refractivity contribution >= 4 is 27.5 Å². The van der Waals surface area contributed by atoms with Crippen LogP contribution in [0.4, 0.5) is 4.79 Å². The number of sulfonamides is 1. The lowest BCUT2D eigenvalue weighted by Gasteiger charge is -2.30. The SMILES string of the molecule is CC(C)CN(C[C@@H](O)[C@H](Cc1ccccc1)NC(=O)OCc1cncs1)S(=O)(=O)c1ccc(CN=O)cc1. The van der Waals surface area contributed by atoms with Gasteiger partial charge >= 0.3 is 6.09 Å². The molecule has 0 fully saturated rings. The van der Waals surface area contributed by atoms with Gasteiger partial charge in [0.1, 0.15) is 13.2 Å². The number of benzene rings is 2. The second kappa shape index (κ2) is 14.1. The van der Waals surface area contributed by atoms with Crippen LogP contribution in [0.15, 0.2) is 76.4 Å². The Balaban J connectivity index is 1.79. The van der Waals surface area contributed by atoms with E-state index < -0.39 is 28.3 Å². The molecule has 1 amide bonds. The maximum Gasteiger partial charge on any atom is 0.407 e. The summed E-state index contributed by atoms with van der Waals surface area (Å²) in [6, 6.07) is 14.4. The van der Waals surface area contributed by atoms with Crippen molar-refractivity contribution in [2.45, 2.75) is 50.5 Å².